The van der Waals surface area contributed by atoms with Crippen molar-refractivity contribution in [3.63, 3.8) is 0 Å². The largest absolute Gasteiger partial charge is 0.444 e. The summed E-state index contributed by atoms with van der Waals surface area (Å²) < 4.78 is 34.7. The molecule has 2 amide bonds. The third kappa shape index (κ3) is 7.20. The maximum absolute atomic E-state index is 12.4. The van der Waals surface area contributed by atoms with E-state index in [0.29, 0.717) is 10.7 Å². The lowest BCUT2D eigenvalue weighted by atomic mass is 10.2. The van der Waals surface area contributed by atoms with Crippen LogP contribution >= 0.6 is 12.6 Å². The zero-order chi connectivity index (χ0) is 20.5. The molecule has 2 atom stereocenters. The molecule has 2 N–H and O–H groups in total. The van der Waals surface area contributed by atoms with Gasteiger partial charge in [-0.25, -0.2) is 14.7 Å². The number of likely N-dealkylation sites (tertiary alicyclic amines) is 1. The lowest BCUT2D eigenvalue weighted by molar-refractivity contribution is 0.0168. The molecule has 0 radical (unpaired) electrons. The number of hydrogen-bond acceptors (Lipinski definition) is 7. The van der Waals surface area contributed by atoms with Crippen molar-refractivity contribution in [1.29, 1.82) is 0 Å². The monoisotopic (exact) mass is 411 g/mol. The molecule has 0 bridgehead atoms. The van der Waals surface area contributed by atoms with Crippen molar-refractivity contribution in [3.05, 3.63) is 0 Å². The van der Waals surface area contributed by atoms with Gasteiger partial charge in [0.05, 0.1) is 12.6 Å². The molecule has 0 saturated carbocycles. The molecule has 0 unspecified atom stereocenters. The minimum Gasteiger partial charge on any atom is -0.444 e. The molecular weight excluding hydrogens is 382 g/mol. The summed E-state index contributed by atoms with van der Waals surface area (Å²) in [7, 11) is -4.37. The first-order valence-corrected chi connectivity index (χ1v) is 10.2. The number of ether oxygens (including phenoxy) is 2. The van der Waals surface area contributed by atoms with E-state index in [-0.39, 0.29) is 18.3 Å². The Morgan fingerprint density at radius 2 is 1.65 bits per heavy atom. The second-order valence-electron chi connectivity index (χ2n) is 8.23. The fourth-order valence-electron chi connectivity index (χ4n) is 2.40. The van der Waals surface area contributed by atoms with Crippen LogP contribution in [-0.2, 0) is 19.7 Å². The van der Waals surface area contributed by atoms with Gasteiger partial charge < -0.3 is 14.4 Å². The number of carbonyl (C=O) groups excluding carboxylic acids is 2. The van der Waals surface area contributed by atoms with Crippen molar-refractivity contribution in [2.75, 3.05) is 13.1 Å². The molecule has 11 heteroatoms. The minimum absolute atomic E-state index is 0.173. The van der Waals surface area contributed by atoms with E-state index in [9.17, 15) is 18.0 Å². The third-order valence-electron chi connectivity index (χ3n) is 3.30. The molecule has 0 aromatic carbocycles. The van der Waals surface area contributed by atoms with Crippen LogP contribution in [0, 0.1) is 0 Å². The minimum atomic E-state index is -4.37. The van der Waals surface area contributed by atoms with Gasteiger partial charge in [-0.05, 0) is 48.0 Å². The highest BCUT2D eigenvalue weighted by Gasteiger charge is 2.40. The Balaban J connectivity index is 3.01. The van der Waals surface area contributed by atoms with Gasteiger partial charge >= 0.3 is 22.4 Å². The van der Waals surface area contributed by atoms with Gasteiger partial charge in [0.1, 0.15) is 11.2 Å². The number of rotatable bonds is 3. The van der Waals surface area contributed by atoms with E-state index in [1.807, 2.05) is 0 Å². The van der Waals surface area contributed by atoms with Crippen LogP contribution in [0.2, 0.25) is 0 Å². The Kier molecular flexibility index (Phi) is 6.86. The van der Waals surface area contributed by atoms with E-state index in [2.05, 4.69) is 12.6 Å². The lowest BCUT2D eigenvalue weighted by Crippen LogP contribution is -2.51. The fraction of sp³-hybridized carbons (Fsp3) is 0.867. The van der Waals surface area contributed by atoms with Crippen molar-refractivity contribution in [3.8, 4) is 0 Å². The molecule has 1 aliphatic heterocycles. The molecule has 0 aromatic heterocycles. The van der Waals surface area contributed by atoms with Crippen LogP contribution in [0.5, 0.6) is 0 Å². The topological polar surface area (TPSA) is 119 Å². The van der Waals surface area contributed by atoms with Gasteiger partial charge in [-0.1, -0.05) is 0 Å². The van der Waals surface area contributed by atoms with E-state index in [4.69, 9.17) is 14.6 Å². The van der Waals surface area contributed by atoms with Gasteiger partial charge in [0, 0.05) is 11.8 Å². The van der Waals surface area contributed by atoms with Gasteiger partial charge in [0.2, 0.25) is 0 Å². The molecule has 0 aromatic rings. The Bertz CT molecular complexity index is 639. The zero-order valence-corrected chi connectivity index (χ0v) is 17.8. The number of nitrogens with zero attached hydrogens (tertiary/aromatic N) is 2. The predicted octanol–water partition coefficient (Wildman–Crippen LogP) is 1.73. The third-order valence-corrected chi connectivity index (χ3v) is 4.59. The molecule has 9 nitrogen and oxygen atoms in total. The Morgan fingerprint density at radius 1 is 1.15 bits per heavy atom. The molecule has 1 aliphatic rings. The zero-order valence-electron chi connectivity index (χ0n) is 16.1. The summed E-state index contributed by atoms with van der Waals surface area (Å²) in [6.45, 7) is 9.96. The molecule has 1 heterocycles. The molecule has 1 rings (SSSR count). The van der Waals surface area contributed by atoms with Crippen LogP contribution in [0.25, 0.3) is 0 Å². The van der Waals surface area contributed by atoms with Gasteiger partial charge in [-0.15, -0.1) is 0 Å². The van der Waals surface area contributed by atoms with Crippen LogP contribution in [0.1, 0.15) is 48.0 Å². The van der Waals surface area contributed by atoms with Crippen LogP contribution in [-0.4, -0.2) is 65.4 Å². The molecule has 0 spiro atoms. The van der Waals surface area contributed by atoms with Crippen molar-refractivity contribution < 1.29 is 27.5 Å². The summed E-state index contributed by atoms with van der Waals surface area (Å²) in [4.78, 5) is 26.0. The summed E-state index contributed by atoms with van der Waals surface area (Å²) in [5.41, 5.74) is -1.60. The van der Waals surface area contributed by atoms with Crippen molar-refractivity contribution >= 4 is 35.0 Å². The Morgan fingerprint density at radius 3 is 2.08 bits per heavy atom. The van der Waals surface area contributed by atoms with Crippen LogP contribution in [0.15, 0.2) is 0 Å². The second kappa shape index (κ2) is 7.81. The maximum atomic E-state index is 12.4. The molecule has 1 saturated heterocycles. The van der Waals surface area contributed by atoms with Gasteiger partial charge in [-0.2, -0.15) is 25.4 Å². The molecule has 152 valence electrons. The first-order valence-electron chi connectivity index (χ1n) is 8.21. The fourth-order valence-corrected chi connectivity index (χ4v) is 3.44. The standard InChI is InChI=1S/C15H29N3O6S2/c1-14(2,3)23-12(19)17-9-11(25)7-10(17)8-18(26(16,21)22)13(20)24-15(4,5)6/h10-11,25H,7-9H2,1-6H3,(H2,16,21,22)/t10-,11-/m0/s1. The summed E-state index contributed by atoms with van der Waals surface area (Å²) in [6, 6.07) is -0.613. The number of hydrogen-bond donors (Lipinski definition) is 2. The predicted molar refractivity (Wildman–Crippen MR) is 100 cm³/mol. The molecule has 0 aliphatic carbocycles. The summed E-state index contributed by atoms with van der Waals surface area (Å²) >= 11 is 4.37. The van der Waals surface area contributed by atoms with E-state index < -0.39 is 39.6 Å². The van der Waals surface area contributed by atoms with Crippen molar-refractivity contribution in [2.45, 2.75) is 70.5 Å². The quantitative estimate of drug-likeness (QED) is 0.683. The van der Waals surface area contributed by atoms with Crippen LogP contribution < -0.4 is 5.14 Å². The normalized spacial score (nSPS) is 21.5. The van der Waals surface area contributed by atoms with Crippen LogP contribution in [0.4, 0.5) is 9.59 Å². The highest BCUT2D eigenvalue weighted by Crippen LogP contribution is 2.26. The average molecular weight is 412 g/mol. The van der Waals surface area contributed by atoms with Gasteiger partial charge in [0.25, 0.3) is 0 Å². The van der Waals surface area contributed by atoms with Crippen LogP contribution in [0.3, 0.4) is 0 Å². The van der Waals surface area contributed by atoms with Crippen molar-refractivity contribution in [2.24, 2.45) is 5.14 Å². The molecular formula is C15H29N3O6S2. The Hall–Kier alpha value is -1.20. The number of thiol groups is 1. The smallest absolute Gasteiger partial charge is 0.425 e. The van der Waals surface area contributed by atoms with E-state index in [0.717, 1.165) is 0 Å². The number of amides is 2. The Labute approximate surface area is 160 Å². The highest BCUT2D eigenvalue weighted by atomic mass is 32.2. The summed E-state index contributed by atoms with van der Waals surface area (Å²) in [5, 5.41) is 5.01. The number of carbonyl (C=O) groups is 2. The average Bonchev–Trinajstić information content (AvgIpc) is 2.71. The number of nitrogens with two attached hydrogens (primary N) is 1. The SMILES string of the molecule is CC(C)(C)OC(=O)N1C[C@@H](S)C[C@H]1CN(C(=O)OC(C)(C)C)S(N)(=O)=O. The highest BCUT2D eigenvalue weighted by molar-refractivity contribution is 7.87. The second-order valence-corrected chi connectivity index (χ2v) is 10.4. The van der Waals surface area contributed by atoms with E-state index in [1.54, 1.807) is 41.5 Å². The first-order chi connectivity index (χ1) is 11.5. The van der Waals surface area contributed by atoms with E-state index in [1.165, 1.54) is 4.90 Å². The van der Waals surface area contributed by atoms with Gasteiger partial charge in [0.15, 0.2) is 0 Å². The van der Waals surface area contributed by atoms with Crippen molar-refractivity contribution in [1.82, 2.24) is 9.21 Å². The summed E-state index contributed by atoms with van der Waals surface area (Å²) in [6.07, 6.45) is -1.30. The summed E-state index contributed by atoms with van der Waals surface area (Å²) in [5.74, 6) is 0. The van der Waals surface area contributed by atoms with Gasteiger partial charge in [-0.3, -0.25) is 0 Å². The molecule has 26 heavy (non-hydrogen) atoms. The maximum Gasteiger partial charge on any atom is 0.425 e. The molecule has 1 fully saturated rings. The lowest BCUT2D eigenvalue weighted by Gasteiger charge is -2.32. The first kappa shape index (κ1) is 22.8. The van der Waals surface area contributed by atoms with E-state index >= 15 is 0 Å².